The summed E-state index contributed by atoms with van der Waals surface area (Å²) in [5.41, 5.74) is -1.11. The molecule has 2 amide bonds. The molecule has 2 unspecified atom stereocenters. The summed E-state index contributed by atoms with van der Waals surface area (Å²) in [5.74, 6) is -0.692. The molecule has 7 heteroatoms. The molecule has 0 aromatic rings. The van der Waals surface area contributed by atoms with Gasteiger partial charge in [-0.1, -0.05) is 20.8 Å². The number of nitrogens with one attached hydrogen (secondary N) is 1. The van der Waals surface area contributed by atoms with Gasteiger partial charge in [0.25, 0.3) is 0 Å². The molecule has 1 aliphatic rings. The van der Waals surface area contributed by atoms with Crippen molar-refractivity contribution in [2.24, 2.45) is 5.92 Å². The predicted molar refractivity (Wildman–Crippen MR) is 72.5 cm³/mol. The van der Waals surface area contributed by atoms with Crippen LogP contribution in [0.25, 0.3) is 0 Å². The van der Waals surface area contributed by atoms with Gasteiger partial charge in [0.1, 0.15) is 11.6 Å². The molecule has 0 bridgehead atoms. The van der Waals surface area contributed by atoms with E-state index >= 15 is 0 Å². The van der Waals surface area contributed by atoms with Gasteiger partial charge < -0.3 is 10.2 Å². The number of nitrogens with zero attached hydrogens (tertiary/aromatic N) is 1. The molecule has 122 valence electrons. The molecule has 21 heavy (non-hydrogen) atoms. The number of halogens is 3. The van der Waals surface area contributed by atoms with Crippen LogP contribution in [0.3, 0.4) is 0 Å². The fourth-order valence-corrected chi connectivity index (χ4v) is 2.43. The van der Waals surface area contributed by atoms with Crippen molar-refractivity contribution in [3.05, 3.63) is 0 Å². The number of alkyl halides is 3. The monoisotopic (exact) mass is 308 g/mol. The van der Waals surface area contributed by atoms with Gasteiger partial charge in [-0.05, 0) is 25.7 Å². The maximum atomic E-state index is 12.5. The highest BCUT2D eigenvalue weighted by Gasteiger charge is 2.47. The molecule has 1 rings (SSSR count). The third-order valence-electron chi connectivity index (χ3n) is 3.85. The van der Waals surface area contributed by atoms with E-state index in [0.717, 1.165) is 4.90 Å². The molecule has 1 aliphatic heterocycles. The molecule has 0 aliphatic carbocycles. The molecule has 1 saturated heterocycles. The van der Waals surface area contributed by atoms with E-state index in [0.29, 0.717) is 12.8 Å². The lowest BCUT2D eigenvalue weighted by molar-refractivity contribution is -0.162. The molecule has 2 atom stereocenters. The lowest BCUT2D eigenvalue weighted by Crippen LogP contribution is -2.69. The summed E-state index contributed by atoms with van der Waals surface area (Å²) in [6.45, 7) is 6.55. The van der Waals surface area contributed by atoms with Gasteiger partial charge in [0.05, 0.1) is 6.42 Å². The fourth-order valence-electron chi connectivity index (χ4n) is 2.43. The first kappa shape index (κ1) is 17.8. The predicted octanol–water partition coefficient (Wildman–Crippen LogP) is 2.48. The highest BCUT2D eigenvalue weighted by atomic mass is 19.4. The Kier molecular flexibility index (Phi) is 5.28. The molecule has 0 aromatic carbocycles. The molecule has 1 N–H and O–H groups in total. The molecule has 1 fully saturated rings. The number of amides is 2. The second-order valence-electron chi connectivity index (χ2n) is 6.18. The maximum absolute atomic E-state index is 12.5. The Morgan fingerprint density at radius 2 is 1.90 bits per heavy atom. The van der Waals surface area contributed by atoms with Gasteiger partial charge in [-0.2, -0.15) is 13.2 Å². The van der Waals surface area contributed by atoms with Gasteiger partial charge in [0, 0.05) is 6.54 Å². The minimum atomic E-state index is -4.35. The van der Waals surface area contributed by atoms with Crippen LogP contribution in [0.4, 0.5) is 13.2 Å². The van der Waals surface area contributed by atoms with Crippen LogP contribution in [0.15, 0.2) is 0 Å². The summed E-state index contributed by atoms with van der Waals surface area (Å²) in [5, 5.41) is 2.66. The average Bonchev–Trinajstić information content (AvgIpc) is 2.33. The van der Waals surface area contributed by atoms with Gasteiger partial charge in [0.2, 0.25) is 11.8 Å². The Balaban J connectivity index is 3.00. The van der Waals surface area contributed by atoms with E-state index in [1.54, 1.807) is 13.8 Å². The topological polar surface area (TPSA) is 49.4 Å². The number of carbonyl (C=O) groups excluding carboxylic acids is 2. The minimum Gasteiger partial charge on any atom is -0.340 e. The van der Waals surface area contributed by atoms with E-state index in [9.17, 15) is 22.8 Å². The summed E-state index contributed by atoms with van der Waals surface area (Å²) >= 11 is 0. The van der Waals surface area contributed by atoms with Crippen LogP contribution in [0, 0.1) is 5.92 Å². The third-order valence-corrected chi connectivity index (χ3v) is 3.85. The third kappa shape index (κ3) is 4.35. The Morgan fingerprint density at radius 1 is 1.33 bits per heavy atom. The van der Waals surface area contributed by atoms with Gasteiger partial charge in [-0.3, -0.25) is 9.59 Å². The van der Waals surface area contributed by atoms with Gasteiger partial charge in [-0.25, -0.2) is 0 Å². The van der Waals surface area contributed by atoms with Gasteiger partial charge in [-0.15, -0.1) is 0 Å². The second kappa shape index (κ2) is 6.23. The molecule has 4 nitrogen and oxygen atoms in total. The Labute approximate surface area is 123 Å². The van der Waals surface area contributed by atoms with Gasteiger partial charge >= 0.3 is 6.18 Å². The van der Waals surface area contributed by atoms with E-state index in [2.05, 4.69) is 5.32 Å². The van der Waals surface area contributed by atoms with E-state index < -0.39 is 36.6 Å². The van der Waals surface area contributed by atoms with E-state index in [4.69, 9.17) is 0 Å². The smallest absolute Gasteiger partial charge is 0.340 e. The molecule has 1 heterocycles. The van der Waals surface area contributed by atoms with Gasteiger partial charge in [0.15, 0.2) is 0 Å². The average molecular weight is 308 g/mol. The van der Waals surface area contributed by atoms with Crippen molar-refractivity contribution in [1.29, 1.82) is 0 Å². The fraction of sp³-hybridized carbons (Fsp3) is 0.857. The Bertz CT molecular complexity index is 410. The molecular formula is C14H23F3N2O2. The van der Waals surface area contributed by atoms with Crippen LogP contribution in [0.5, 0.6) is 0 Å². The minimum absolute atomic E-state index is 0.105. The first-order valence-electron chi connectivity index (χ1n) is 7.20. The molecule has 0 radical (unpaired) electrons. The van der Waals surface area contributed by atoms with Crippen LogP contribution < -0.4 is 5.32 Å². The van der Waals surface area contributed by atoms with Crippen molar-refractivity contribution in [1.82, 2.24) is 10.2 Å². The molecule has 0 spiro atoms. The zero-order chi connectivity index (χ0) is 16.4. The molecule has 0 saturated carbocycles. The summed E-state index contributed by atoms with van der Waals surface area (Å²) < 4.78 is 37.4. The Hall–Kier alpha value is -1.27. The Morgan fingerprint density at radius 3 is 2.33 bits per heavy atom. The van der Waals surface area contributed by atoms with Crippen LogP contribution in [-0.4, -0.2) is 41.0 Å². The quantitative estimate of drug-likeness (QED) is 0.848. The number of carbonyl (C=O) groups is 2. The van der Waals surface area contributed by atoms with Crippen molar-refractivity contribution >= 4 is 11.8 Å². The number of hydrogen-bond donors (Lipinski definition) is 1. The number of hydrogen-bond acceptors (Lipinski definition) is 2. The summed E-state index contributed by atoms with van der Waals surface area (Å²) in [6.07, 6.45) is -4.75. The van der Waals surface area contributed by atoms with E-state index in [-0.39, 0.29) is 11.8 Å². The zero-order valence-electron chi connectivity index (χ0n) is 12.9. The molecular weight excluding hydrogens is 285 g/mol. The van der Waals surface area contributed by atoms with Crippen molar-refractivity contribution in [3.63, 3.8) is 0 Å². The lowest BCUT2D eigenvalue weighted by atomic mass is 9.89. The number of piperazine rings is 1. The van der Waals surface area contributed by atoms with Crippen LogP contribution in [0.1, 0.15) is 47.0 Å². The SMILES string of the molecule is CCC1(C)NC(=O)C(CC(C)C)N(CCC(F)(F)F)C1=O. The second-order valence-corrected chi connectivity index (χ2v) is 6.18. The normalized spacial score (nSPS) is 27.2. The standard InChI is InChI=1S/C14H23F3N2O2/c1-5-13(4)12(21)19(7-6-14(15,16)17)10(8-9(2)3)11(20)18-13/h9-10H,5-8H2,1-4H3,(H,18,20). The zero-order valence-corrected chi connectivity index (χ0v) is 12.9. The summed E-state index contributed by atoms with van der Waals surface area (Å²) in [7, 11) is 0. The summed E-state index contributed by atoms with van der Waals surface area (Å²) in [4.78, 5) is 25.8. The van der Waals surface area contributed by atoms with Crippen molar-refractivity contribution in [2.75, 3.05) is 6.54 Å². The highest BCUT2D eigenvalue weighted by Crippen LogP contribution is 2.27. The van der Waals surface area contributed by atoms with Crippen molar-refractivity contribution < 1.29 is 22.8 Å². The first-order valence-corrected chi connectivity index (χ1v) is 7.20. The molecule has 0 aromatic heterocycles. The van der Waals surface area contributed by atoms with Crippen LogP contribution in [-0.2, 0) is 9.59 Å². The lowest BCUT2D eigenvalue weighted by Gasteiger charge is -2.44. The summed E-state index contributed by atoms with van der Waals surface area (Å²) in [6, 6.07) is -0.820. The van der Waals surface area contributed by atoms with Crippen LogP contribution >= 0.6 is 0 Å². The van der Waals surface area contributed by atoms with Crippen LogP contribution in [0.2, 0.25) is 0 Å². The van der Waals surface area contributed by atoms with Crippen molar-refractivity contribution in [2.45, 2.75) is 64.7 Å². The largest absolute Gasteiger partial charge is 0.390 e. The van der Waals surface area contributed by atoms with Crippen molar-refractivity contribution in [3.8, 4) is 0 Å². The number of rotatable bonds is 5. The highest BCUT2D eigenvalue weighted by molar-refractivity contribution is 5.99. The first-order chi connectivity index (χ1) is 9.50. The van der Waals surface area contributed by atoms with E-state index in [1.165, 1.54) is 0 Å². The maximum Gasteiger partial charge on any atom is 0.390 e. The van der Waals surface area contributed by atoms with E-state index in [1.807, 2.05) is 13.8 Å².